The Labute approximate surface area is 106 Å². The molecule has 1 aliphatic rings. The quantitative estimate of drug-likeness (QED) is 0.749. The summed E-state index contributed by atoms with van der Waals surface area (Å²) in [5.74, 6) is 1.34. The van der Waals surface area contributed by atoms with Crippen LogP contribution in [-0.2, 0) is 4.79 Å². The van der Waals surface area contributed by atoms with Crippen LogP contribution in [0, 0.1) is 11.8 Å². The van der Waals surface area contributed by atoms with Crippen LogP contribution in [0.1, 0.15) is 58.8 Å². The largest absolute Gasteiger partial charge is 0.353 e. The van der Waals surface area contributed by atoms with Gasteiger partial charge in [-0.05, 0) is 44.6 Å². The lowest BCUT2D eigenvalue weighted by Gasteiger charge is -2.28. The van der Waals surface area contributed by atoms with Crippen LogP contribution < -0.4 is 11.1 Å². The summed E-state index contributed by atoms with van der Waals surface area (Å²) < 4.78 is 0. The van der Waals surface area contributed by atoms with Gasteiger partial charge in [-0.2, -0.15) is 0 Å². The van der Waals surface area contributed by atoms with E-state index in [0.717, 1.165) is 6.42 Å². The first kappa shape index (κ1) is 14.5. The van der Waals surface area contributed by atoms with E-state index in [1.165, 1.54) is 32.1 Å². The van der Waals surface area contributed by atoms with E-state index >= 15 is 0 Å². The van der Waals surface area contributed by atoms with Crippen molar-refractivity contribution in [1.82, 2.24) is 5.32 Å². The van der Waals surface area contributed by atoms with Gasteiger partial charge in [-0.1, -0.05) is 26.2 Å². The van der Waals surface area contributed by atoms with Gasteiger partial charge >= 0.3 is 0 Å². The third-order valence-electron chi connectivity index (χ3n) is 4.01. The van der Waals surface area contributed by atoms with Crippen molar-refractivity contribution in [2.24, 2.45) is 17.6 Å². The molecular formula is C14H28N2O. The van der Waals surface area contributed by atoms with Crippen molar-refractivity contribution in [3.63, 3.8) is 0 Å². The predicted molar refractivity (Wildman–Crippen MR) is 71.6 cm³/mol. The number of carbonyl (C=O) groups excluding carboxylic acids is 1. The zero-order valence-corrected chi connectivity index (χ0v) is 11.4. The van der Waals surface area contributed by atoms with Gasteiger partial charge in [0.15, 0.2) is 0 Å². The Bertz CT molecular complexity index is 224. The molecule has 2 atom stereocenters. The summed E-state index contributed by atoms with van der Waals surface area (Å²) in [6, 6.07) is 0.344. The molecule has 0 bridgehead atoms. The Balaban J connectivity index is 2.20. The minimum atomic E-state index is 0.198. The van der Waals surface area contributed by atoms with Gasteiger partial charge in [-0.3, -0.25) is 4.79 Å². The molecular weight excluding hydrogens is 212 g/mol. The van der Waals surface area contributed by atoms with Gasteiger partial charge in [-0.15, -0.1) is 0 Å². The van der Waals surface area contributed by atoms with Gasteiger partial charge in [0.05, 0.1) is 0 Å². The highest BCUT2D eigenvalue weighted by Gasteiger charge is 2.21. The van der Waals surface area contributed by atoms with Crippen LogP contribution in [0.3, 0.4) is 0 Å². The van der Waals surface area contributed by atoms with E-state index < -0.39 is 0 Å². The highest BCUT2D eigenvalue weighted by atomic mass is 16.1. The maximum absolute atomic E-state index is 11.8. The third-order valence-corrected chi connectivity index (χ3v) is 4.01. The number of hydrogen-bond acceptors (Lipinski definition) is 2. The smallest absolute Gasteiger partial charge is 0.220 e. The Kier molecular flexibility index (Phi) is 6.56. The SMILES string of the molecule is CC(CN)CCC(=O)N[C@@H](C)C1CCCCC1. The average molecular weight is 240 g/mol. The van der Waals surface area contributed by atoms with E-state index in [9.17, 15) is 4.79 Å². The van der Waals surface area contributed by atoms with E-state index in [-0.39, 0.29) is 5.91 Å². The lowest BCUT2D eigenvalue weighted by atomic mass is 9.84. The highest BCUT2D eigenvalue weighted by Crippen LogP contribution is 2.26. The molecule has 1 unspecified atom stereocenters. The van der Waals surface area contributed by atoms with Crippen LogP contribution >= 0.6 is 0 Å². The summed E-state index contributed by atoms with van der Waals surface area (Å²) in [5, 5.41) is 3.15. The summed E-state index contributed by atoms with van der Waals surface area (Å²) in [6.45, 7) is 4.92. The van der Waals surface area contributed by atoms with Crippen LogP contribution in [0.5, 0.6) is 0 Å². The van der Waals surface area contributed by atoms with E-state index in [1.807, 2.05) is 0 Å². The van der Waals surface area contributed by atoms with Crippen molar-refractivity contribution in [1.29, 1.82) is 0 Å². The summed E-state index contributed by atoms with van der Waals surface area (Å²) in [6.07, 6.45) is 8.10. The first-order valence-corrected chi connectivity index (χ1v) is 7.13. The molecule has 3 nitrogen and oxygen atoms in total. The number of nitrogens with two attached hydrogens (primary N) is 1. The number of amides is 1. The minimum Gasteiger partial charge on any atom is -0.353 e. The first-order chi connectivity index (χ1) is 8.13. The molecule has 100 valence electrons. The molecule has 0 aliphatic heterocycles. The molecule has 1 fully saturated rings. The Hall–Kier alpha value is -0.570. The monoisotopic (exact) mass is 240 g/mol. The van der Waals surface area contributed by atoms with Gasteiger partial charge in [-0.25, -0.2) is 0 Å². The molecule has 0 aromatic heterocycles. The molecule has 0 radical (unpaired) electrons. The normalized spacial score (nSPS) is 20.9. The standard InChI is InChI=1S/C14H28N2O/c1-11(10-15)8-9-14(17)16-12(2)13-6-4-3-5-7-13/h11-13H,3-10,15H2,1-2H3,(H,16,17)/t11?,12-/m0/s1. The fourth-order valence-electron chi connectivity index (χ4n) is 2.57. The average Bonchev–Trinajstić information content (AvgIpc) is 2.36. The summed E-state index contributed by atoms with van der Waals surface area (Å²) in [7, 11) is 0. The molecule has 1 amide bonds. The molecule has 1 rings (SSSR count). The molecule has 3 heteroatoms. The van der Waals surface area contributed by atoms with E-state index in [0.29, 0.717) is 30.8 Å². The van der Waals surface area contributed by atoms with Crippen molar-refractivity contribution in [3.8, 4) is 0 Å². The molecule has 1 aliphatic carbocycles. The number of carbonyl (C=O) groups is 1. The van der Waals surface area contributed by atoms with Gasteiger partial charge in [0.1, 0.15) is 0 Å². The number of hydrogen-bond donors (Lipinski definition) is 2. The zero-order valence-electron chi connectivity index (χ0n) is 11.4. The predicted octanol–water partition coefficient (Wildman–Crippen LogP) is 2.45. The van der Waals surface area contributed by atoms with Gasteiger partial charge in [0.2, 0.25) is 5.91 Å². The second-order valence-electron chi connectivity index (χ2n) is 5.63. The van der Waals surface area contributed by atoms with E-state index in [1.54, 1.807) is 0 Å². The fraction of sp³-hybridized carbons (Fsp3) is 0.929. The lowest BCUT2D eigenvalue weighted by Crippen LogP contribution is -2.39. The van der Waals surface area contributed by atoms with Crippen LogP contribution in [0.2, 0.25) is 0 Å². The van der Waals surface area contributed by atoms with Crippen molar-refractivity contribution in [2.45, 2.75) is 64.8 Å². The second kappa shape index (κ2) is 7.70. The molecule has 0 aromatic rings. The summed E-state index contributed by atoms with van der Waals surface area (Å²) in [4.78, 5) is 11.8. The minimum absolute atomic E-state index is 0.198. The molecule has 3 N–H and O–H groups in total. The Morgan fingerprint density at radius 1 is 1.29 bits per heavy atom. The maximum Gasteiger partial charge on any atom is 0.220 e. The fourth-order valence-corrected chi connectivity index (χ4v) is 2.57. The highest BCUT2D eigenvalue weighted by molar-refractivity contribution is 5.76. The van der Waals surface area contributed by atoms with Crippen molar-refractivity contribution in [3.05, 3.63) is 0 Å². The first-order valence-electron chi connectivity index (χ1n) is 7.13. The van der Waals surface area contributed by atoms with Crippen LogP contribution in [-0.4, -0.2) is 18.5 Å². The molecule has 0 heterocycles. The second-order valence-corrected chi connectivity index (χ2v) is 5.63. The molecule has 17 heavy (non-hydrogen) atoms. The van der Waals surface area contributed by atoms with Crippen LogP contribution in [0.4, 0.5) is 0 Å². The summed E-state index contributed by atoms with van der Waals surface area (Å²) >= 11 is 0. The van der Waals surface area contributed by atoms with E-state index in [4.69, 9.17) is 5.73 Å². The van der Waals surface area contributed by atoms with E-state index in [2.05, 4.69) is 19.2 Å². The van der Waals surface area contributed by atoms with Crippen LogP contribution in [0.25, 0.3) is 0 Å². The van der Waals surface area contributed by atoms with Crippen molar-refractivity contribution >= 4 is 5.91 Å². The molecule has 1 saturated carbocycles. The zero-order chi connectivity index (χ0) is 12.7. The number of rotatable bonds is 6. The lowest BCUT2D eigenvalue weighted by molar-refractivity contribution is -0.122. The molecule has 0 spiro atoms. The Morgan fingerprint density at radius 2 is 1.94 bits per heavy atom. The van der Waals surface area contributed by atoms with Gasteiger partial charge < -0.3 is 11.1 Å². The van der Waals surface area contributed by atoms with Crippen molar-refractivity contribution in [2.75, 3.05) is 6.54 Å². The maximum atomic E-state index is 11.8. The van der Waals surface area contributed by atoms with Crippen LogP contribution in [0.15, 0.2) is 0 Å². The molecule has 0 saturated heterocycles. The molecule has 0 aromatic carbocycles. The topological polar surface area (TPSA) is 55.1 Å². The third kappa shape index (κ3) is 5.53. The van der Waals surface area contributed by atoms with Crippen molar-refractivity contribution < 1.29 is 4.79 Å². The Morgan fingerprint density at radius 3 is 2.53 bits per heavy atom. The summed E-state index contributed by atoms with van der Waals surface area (Å²) in [5.41, 5.74) is 5.54. The van der Waals surface area contributed by atoms with Gasteiger partial charge in [0.25, 0.3) is 0 Å². The van der Waals surface area contributed by atoms with Gasteiger partial charge in [0, 0.05) is 12.5 Å². The number of nitrogens with one attached hydrogen (secondary N) is 1.